The highest BCUT2D eigenvalue weighted by Gasteiger charge is 2.27. The summed E-state index contributed by atoms with van der Waals surface area (Å²) in [5.74, 6) is 0. The van der Waals surface area contributed by atoms with Crippen LogP contribution in [0, 0.1) is 0 Å². The van der Waals surface area contributed by atoms with E-state index in [0.29, 0.717) is 6.42 Å². The summed E-state index contributed by atoms with van der Waals surface area (Å²) in [4.78, 5) is 4.22. The summed E-state index contributed by atoms with van der Waals surface area (Å²) >= 11 is 0. The summed E-state index contributed by atoms with van der Waals surface area (Å²) in [7, 11) is 0. The second-order valence-electron chi connectivity index (χ2n) is 5.72. The van der Waals surface area contributed by atoms with Crippen molar-refractivity contribution < 1.29 is 5.11 Å². The standard InChI is InChI=1S/C20H19NO/c1-20(22,14-16-8-4-2-5-9-16)19-15-21-13-12-18(19)17-10-6-3-7-11-17/h2-13,15,22H,14H2,1H3. The largest absolute Gasteiger partial charge is 0.385 e. The molecule has 0 fully saturated rings. The zero-order valence-corrected chi connectivity index (χ0v) is 12.6. The number of pyridine rings is 1. The molecule has 2 heteroatoms. The van der Waals surface area contributed by atoms with Crippen LogP contribution in [0.2, 0.25) is 0 Å². The van der Waals surface area contributed by atoms with Crippen LogP contribution in [0.25, 0.3) is 11.1 Å². The van der Waals surface area contributed by atoms with Crippen LogP contribution in [0.3, 0.4) is 0 Å². The molecule has 0 aliphatic carbocycles. The van der Waals surface area contributed by atoms with Crippen LogP contribution in [-0.4, -0.2) is 10.1 Å². The molecule has 1 atom stereocenters. The van der Waals surface area contributed by atoms with E-state index >= 15 is 0 Å². The van der Waals surface area contributed by atoms with Gasteiger partial charge in [0.25, 0.3) is 0 Å². The molecule has 2 nitrogen and oxygen atoms in total. The van der Waals surface area contributed by atoms with E-state index in [4.69, 9.17) is 0 Å². The molecule has 1 heterocycles. The van der Waals surface area contributed by atoms with Gasteiger partial charge in [-0.2, -0.15) is 0 Å². The van der Waals surface area contributed by atoms with Gasteiger partial charge in [0.2, 0.25) is 0 Å². The predicted octanol–water partition coefficient (Wildman–Crippen LogP) is 4.20. The molecule has 1 N–H and O–H groups in total. The summed E-state index contributed by atoms with van der Waals surface area (Å²) in [5, 5.41) is 11.0. The fourth-order valence-electron chi connectivity index (χ4n) is 2.78. The van der Waals surface area contributed by atoms with Gasteiger partial charge in [-0.1, -0.05) is 60.7 Å². The van der Waals surface area contributed by atoms with Crippen LogP contribution in [-0.2, 0) is 12.0 Å². The molecule has 0 aliphatic heterocycles. The average Bonchev–Trinajstić information content (AvgIpc) is 2.56. The molecule has 22 heavy (non-hydrogen) atoms. The SMILES string of the molecule is CC(O)(Cc1ccccc1)c1cnccc1-c1ccccc1. The molecule has 1 aromatic heterocycles. The van der Waals surface area contributed by atoms with E-state index in [2.05, 4.69) is 17.1 Å². The molecular weight excluding hydrogens is 270 g/mol. The lowest BCUT2D eigenvalue weighted by molar-refractivity contribution is 0.0579. The van der Waals surface area contributed by atoms with Crippen molar-refractivity contribution in [3.8, 4) is 11.1 Å². The maximum absolute atomic E-state index is 11.0. The van der Waals surface area contributed by atoms with E-state index in [0.717, 1.165) is 22.3 Å². The Bertz CT molecular complexity index is 736. The predicted molar refractivity (Wildman–Crippen MR) is 89.4 cm³/mol. The van der Waals surface area contributed by atoms with Crippen LogP contribution >= 0.6 is 0 Å². The summed E-state index contributed by atoms with van der Waals surface area (Å²) in [6.45, 7) is 1.85. The number of nitrogens with zero attached hydrogens (tertiary/aromatic N) is 1. The highest BCUT2D eigenvalue weighted by atomic mass is 16.3. The third-order valence-corrected chi connectivity index (χ3v) is 3.88. The van der Waals surface area contributed by atoms with E-state index < -0.39 is 5.60 Å². The van der Waals surface area contributed by atoms with Crippen molar-refractivity contribution in [2.24, 2.45) is 0 Å². The molecule has 1 unspecified atom stereocenters. The lowest BCUT2D eigenvalue weighted by Gasteiger charge is -2.26. The molecular formula is C20H19NO. The number of hydrogen-bond acceptors (Lipinski definition) is 2. The van der Waals surface area contributed by atoms with E-state index in [1.807, 2.05) is 61.5 Å². The molecule has 0 amide bonds. The molecule has 0 bridgehead atoms. The van der Waals surface area contributed by atoms with E-state index in [1.165, 1.54) is 0 Å². The minimum atomic E-state index is -0.971. The first-order valence-corrected chi connectivity index (χ1v) is 7.43. The minimum Gasteiger partial charge on any atom is -0.385 e. The lowest BCUT2D eigenvalue weighted by atomic mass is 9.85. The second kappa shape index (κ2) is 6.12. The summed E-state index contributed by atoms with van der Waals surface area (Å²) < 4.78 is 0. The van der Waals surface area contributed by atoms with Crippen molar-refractivity contribution in [3.05, 3.63) is 90.3 Å². The smallest absolute Gasteiger partial charge is 0.0929 e. The first-order chi connectivity index (χ1) is 10.7. The van der Waals surface area contributed by atoms with Gasteiger partial charge in [0, 0.05) is 24.4 Å². The van der Waals surface area contributed by atoms with Crippen molar-refractivity contribution >= 4 is 0 Å². The molecule has 0 spiro atoms. The Kier molecular flexibility index (Phi) is 4.03. The van der Waals surface area contributed by atoms with Crippen LogP contribution in [0.15, 0.2) is 79.1 Å². The normalized spacial score (nSPS) is 13.5. The van der Waals surface area contributed by atoms with Gasteiger partial charge in [0.1, 0.15) is 0 Å². The third kappa shape index (κ3) is 3.07. The Labute approximate surface area is 131 Å². The minimum absolute atomic E-state index is 0.555. The second-order valence-corrected chi connectivity index (χ2v) is 5.72. The maximum atomic E-state index is 11.0. The fourth-order valence-corrected chi connectivity index (χ4v) is 2.78. The van der Waals surface area contributed by atoms with Gasteiger partial charge in [-0.25, -0.2) is 0 Å². The molecule has 3 aromatic rings. The Hall–Kier alpha value is -2.45. The van der Waals surface area contributed by atoms with Crippen molar-refractivity contribution in [1.29, 1.82) is 0 Å². The highest BCUT2D eigenvalue weighted by molar-refractivity contribution is 5.67. The van der Waals surface area contributed by atoms with Gasteiger partial charge in [-0.3, -0.25) is 4.98 Å². The quantitative estimate of drug-likeness (QED) is 0.781. The summed E-state index contributed by atoms with van der Waals surface area (Å²) in [6, 6.07) is 22.1. The maximum Gasteiger partial charge on any atom is 0.0929 e. The van der Waals surface area contributed by atoms with Crippen molar-refractivity contribution in [3.63, 3.8) is 0 Å². The Balaban J connectivity index is 2.01. The summed E-state index contributed by atoms with van der Waals surface area (Å²) in [6.07, 6.45) is 4.09. The van der Waals surface area contributed by atoms with E-state index in [9.17, 15) is 5.11 Å². The monoisotopic (exact) mass is 289 g/mol. The van der Waals surface area contributed by atoms with Crippen molar-refractivity contribution in [2.45, 2.75) is 18.9 Å². The van der Waals surface area contributed by atoms with Gasteiger partial charge in [-0.15, -0.1) is 0 Å². The number of aromatic nitrogens is 1. The Morgan fingerprint density at radius 1 is 0.909 bits per heavy atom. The fraction of sp³-hybridized carbons (Fsp3) is 0.150. The molecule has 2 aromatic carbocycles. The zero-order valence-electron chi connectivity index (χ0n) is 12.6. The number of benzene rings is 2. The zero-order chi connectivity index (χ0) is 15.4. The molecule has 0 saturated heterocycles. The van der Waals surface area contributed by atoms with Crippen molar-refractivity contribution in [1.82, 2.24) is 4.98 Å². The van der Waals surface area contributed by atoms with Gasteiger partial charge in [-0.05, 0) is 29.7 Å². The Morgan fingerprint density at radius 3 is 2.23 bits per heavy atom. The van der Waals surface area contributed by atoms with E-state index in [1.54, 1.807) is 12.4 Å². The van der Waals surface area contributed by atoms with Crippen LogP contribution in [0.5, 0.6) is 0 Å². The molecule has 3 rings (SSSR count). The Morgan fingerprint density at radius 2 is 1.55 bits per heavy atom. The number of hydrogen-bond donors (Lipinski definition) is 1. The van der Waals surface area contributed by atoms with Gasteiger partial charge in [0.05, 0.1) is 5.60 Å². The van der Waals surface area contributed by atoms with Crippen LogP contribution in [0.4, 0.5) is 0 Å². The van der Waals surface area contributed by atoms with E-state index in [-0.39, 0.29) is 0 Å². The van der Waals surface area contributed by atoms with Crippen LogP contribution in [0.1, 0.15) is 18.1 Å². The third-order valence-electron chi connectivity index (χ3n) is 3.88. The lowest BCUT2D eigenvalue weighted by Crippen LogP contribution is -2.25. The first-order valence-electron chi connectivity index (χ1n) is 7.43. The molecule has 0 saturated carbocycles. The van der Waals surface area contributed by atoms with Gasteiger partial charge < -0.3 is 5.11 Å². The highest BCUT2D eigenvalue weighted by Crippen LogP contribution is 2.33. The molecule has 0 radical (unpaired) electrons. The number of aliphatic hydroxyl groups is 1. The average molecular weight is 289 g/mol. The van der Waals surface area contributed by atoms with Crippen LogP contribution < -0.4 is 0 Å². The van der Waals surface area contributed by atoms with Gasteiger partial charge >= 0.3 is 0 Å². The number of rotatable bonds is 4. The van der Waals surface area contributed by atoms with Gasteiger partial charge in [0.15, 0.2) is 0 Å². The first kappa shape index (κ1) is 14.5. The molecule has 110 valence electrons. The topological polar surface area (TPSA) is 33.1 Å². The molecule has 0 aliphatic rings. The summed E-state index contributed by atoms with van der Waals surface area (Å²) in [5.41, 5.74) is 3.10. The van der Waals surface area contributed by atoms with Crippen molar-refractivity contribution in [2.75, 3.05) is 0 Å².